The van der Waals surface area contributed by atoms with Crippen LogP contribution in [-0.2, 0) is 6.42 Å². The summed E-state index contributed by atoms with van der Waals surface area (Å²) in [5.74, 6) is 0. The molecule has 0 aliphatic heterocycles. The second kappa shape index (κ2) is 5.59. The van der Waals surface area contributed by atoms with Gasteiger partial charge in [-0.05, 0) is 51.1 Å². The molecule has 0 saturated heterocycles. The van der Waals surface area contributed by atoms with Gasteiger partial charge < -0.3 is 15.4 Å². The van der Waals surface area contributed by atoms with Gasteiger partial charge in [0.05, 0.1) is 5.60 Å². The number of aromatic nitrogens is 1. The first-order valence-corrected chi connectivity index (χ1v) is 6.66. The van der Waals surface area contributed by atoms with Crippen molar-refractivity contribution in [3.05, 3.63) is 41.6 Å². The first-order chi connectivity index (χ1) is 9.01. The monoisotopic (exact) mass is 258 g/mol. The normalized spacial score (nSPS) is 12.6. The van der Waals surface area contributed by atoms with Crippen LogP contribution in [0.4, 0.5) is 0 Å². The number of rotatable bonds is 5. The molecular weight excluding hydrogens is 236 g/mol. The summed E-state index contributed by atoms with van der Waals surface area (Å²) >= 11 is 0. The molecule has 3 nitrogen and oxygen atoms in total. The summed E-state index contributed by atoms with van der Waals surface area (Å²) < 4.78 is 0. The van der Waals surface area contributed by atoms with E-state index in [1.807, 2.05) is 25.3 Å². The van der Waals surface area contributed by atoms with Crippen LogP contribution in [0, 0.1) is 0 Å². The number of hydrogen-bond donors (Lipinski definition) is 3. The maximum Gasteiger partial charge on any atom is 0.0774 e. The molecule has 0 fully saturated rings. The van der Waals surface area contributed by atoms with Crippen molar-refractivity contribution in [2.45, 2.75) is 25.9 Å². The van der Waals surface area contributed by atoms with Crippen LogP contribution in [0.1, 0.15) is 25.0 Å². The number of likely N-dealkylation sites (N-methyl/N-ethyl adjacent to an activating group) is 1. The molecule has 0 unspecified atom stereocenters. The molecule has 0 radical (unpaired) electrons. The molecule has 1 heterocycles. The Labute approximate surface area is 114 Å². The fraction of sp³-hybridized carbons (Fsp3) is 0.375. The van der Waals surface area contributed by atoms with Crippen molar-refractivity contribution in [2.75, 3.05) is 13.6 Å². The van der Waals surface area contributed by atoms with E-state index in [4.69, 9.17) is 0 Å². The Kier molecular flexibility index (Phi) is 4.08. The van der Waals surface area contributed by atoms with Gasteiger partial charge in [-0.2, -0.15) is 0 Å². The zero-order valence-electron chi connectivity index (χ0n) is 11.8. The van der Waals surface area contributed by atoms with Crippen molar-refractivity contribution >= 4 is 17.0 Å². The Morgan fingerprint density at radius 3 is 2.84 bits per heavy atom. The minimum Gasteiger partial charge on any atom is -0.386 e. The van der Waals surface area contributed by atoms with E-state index in [2.05, 4.69) is 28.6 Å². The third-order valence-corrected chi connectivity index (χ3v) is 3.13. The molecule has 2 aromatic rings. The molecule has 19 heavy (non-hydrogen) atoms. The number of aliphatic hydroxyl groups is 1. The van der Waals surface area contributed by atoms with E-state index in [1.54, 1.807) is 13.8 Å². The van der Waals surface area contributed by atoms with Gasteiger partial charge >= 0.3 is 0 Å². The summed E-state index contributed by atoms with van der Waals surface area (Å²) in [6.07, 6.45) is 6.89. The van der Waals surface area contributed by atoms with E-state index in [9.17, 15) is 5.11 Å². The molecule has 0 saturated carbocycles. The average Bonchev–Trinajstić information content (AvgIpc) is 2.76. The van der Waals surface area contributed by atoms with Crippen LogP contribution in [0.5, 0.6) is 0 Å². The van der Waals surface area contributed by atoms with Crippen LogP contribution >= 0.6 is 0 Å². The van der Waals surface area contributed by atoms with Crippen molar-refractivity contribution < 1.29 is 5.11 Å². The fourth-order valence-electron chi connectivity index (χ4n) is 2.18. The molecule has 102 valence electrons. The topological polar surface area (TPSA) is 48.0 Å². The van der Waals surface area contributed by atoms with Crippen molar-refractivity contribution in [2.24, 2.45) is 0 Å². The van der Waals surface area contributed by atoms with Crippen LogP contribution in [0.2, 0.25) is 0 Å². The number of nitrogens with one attached hydrogen (secondary N) is 2. The van der Waals surface area contributed by atoms with Crippen molar-refractivity contribution in [3.63, 3.8) is 0 Å². The Hall–Kier alpha value is -1.58. The van der Waals surface area contributed by atoms with Gasteiger partial charge in [0, 0.05) is 17.1 Å². The smallest absolute Gasteiger partial charge is 0.0774 e. The van der Waals surface area contributed by atoms with E-state index >= 15 is 0 Å². The van der Waals surface area contributed by atoms with Gasteiger partial charge in [-0.25, -0.2) is 0 Å². The predicted octanol–water partition coefficient (Wildman–Crippen LogP) is 2.71. The lowest BCUT2D eigenvalue weighted by Crippen LogP contribution is -2.13. The predicted molar refractivity (Wildman–Crippen MR) is 81.3 cm³/mol. The van der Waals surface area contributed by atoms with Crippen molar-refractivity contribution in [1.29, 1.82) is 0 Å². The highest BCUT2D eigenvalue weighted by Crippen LogP contribution is 2.24. The third kappa shape index (κ3) is 3.46. The lowest BCUT2D eigenvalue weighted by atomic mass is 10.0. The number of benzene rings is 1. The zero-order chi connectivity index (χ0) is 13.9. The summed E-state index contributed by atoms with van der Waals surface area (Å²) in [4.78, 5) is 3.31. The number of fused-ring (bicyclic) bond motifs is 1. The van der Waals surface area contributed by atoms with Crippen LogP contribution in [0.15, 0.2) is 30.5 Å². The van der Waals surface area contributed by atoms with Crippen LogP contribution < -0.4 is 5.32 Å². The Bertz CT molecular complexity index is 576. The standard InChI is InChI=1S/C16H22N2O/c1-16(2,19)9-7-12-5-4-6-14-15(12)13(11-18-14)8-10-17-3/h4-7,9,11,17-19H,8,10H2,1-3H3. The van der Waals surface area contributed by atoms with E-state index in [0.29, 0.717) is 0 Å². The highest BCUT2D eigenvalue weighted by molar-refractivity contribution is 5.91. The molecule has 3 heteroatoms. The molecule has 0 bridgehead atoms. The summed E-state index contributed by atoms with van der Waals surface area (Å²) in [7, 11) is 1.96. The van der Waals surface area contributed by atoms with E-state index < -0.39 is 5.60 Å². The minimum absolute atomic E-state index is 0.788. The first kappa shape index (κ1) is 13.8. The summed E-state index contributed by atoms with van der Waals surface area (Å²) in [5.41, 5.74) is 2.81. The van der Waals surface area contributed by atoms with E-state index in [0.717, 1.165) is 24.0 Å². The summed E-state index contributed by atoms with van der Waals surface area (Å²) in [6, 6.07) is 6.20. The molecular formula is C16H22N2O. The second-order valence-corrected chi connectivity index (χ2v) is 5.42. The van der Waals surface area contributed by atoms with Gasteiger partial charge in [-0.15, -0.1) is 0 Å². The molecule has 0 aliphatic carbocycles. The van der Waals surface area contributed by atoms with Gasteiger partial charge in [0.2, 0.25) is 0 Å². The minimum atomic E-state index is -0.788. The Morgan fingerprint density at radius 2 is 2.16 bits per heavy atom. The van der Waals surface area contributed by atoms with E-state index in [1.165, 1.54) is 10.9 Å². The molecule has 0 atom stereocenters. The average molecular weight is 258 g/mol. The van der Waals surface area contributed by atoms with Crippen LogP contribution in [-0.4, -0.2) is 29.3 Å². The zero-order valence-corrected chi connectivity index (χ0v) is 11.8. The lowest BCUT2D eigenvalue weighted by Gasteiger charge is -2.10. The van der Waals surface area contributed by atoms with Gasteiger partial charge in [0.15, 0.2) is 0 Å². The molecule has 1 aromatic carbocycles. The van der Waals surface area contributed by atoms with Gasteiger partial charge in [-0.3, -0.25) is 0 Å². The second-order valence-electron chi connectivity index (χ2n) is 5.42. The van der Waals surface area contributed by atoms with Crippen LogP contribution in [0.3, 0.4) is 0 Å². The Balaban J connectivity index is 2.42. The van der Waals surface area contributed by atoms with Gasteiger partial charge in [0.25, 0.3) is 0 Å². The molecule has 2 rings (SSSR count). The third-order valence-electron chi connectivity index (χ3n) is 3.13. The quantitative estimate of drug-likeness (QED) is 0.772. The summed E-state index contributed by atoms with van der Waals surface area (Å²) in [6.45, 7) is 4.52. The molecule has 1 aromatic heterocycles. The Morgan fingerprint density at radius 1 is 1.37 bits per heavy atom. The van der Waals surface area contributed by atoms with Crippen molar-refractivity contribution in [3.8, 4) is 0 Å². The van der Waals surface area contributed by atoms with Gasteiger partial charge in [-0.1, -0.05) is 24.3 Å². The van der Waals surface area contributed by atoms with E-state index in [-0.39, 0.29) is 0 Å². The summed E-state index contributed by atoms with van der Waals surface area (Å²) in [5, 5.41) is 14.2. The fourth-order valence-corrected chi connectivity index (χ4v) is 2.18. The molecule has 0 aliphatic rings. The highest BCUT2D eigenvalue weighted by atomic mass is 16.3. The van der Waals surface area contributed by atoms with Gasteiger partial charge in [0.1, 0.15) is 0 Å². The first-order valence-electron chi connectivity index (χ1n) is 6.66. The largest absolute Gasteiger partial charge is 0.386 e. The van der Waals surface area contributed by atoms with Crippen molar-refractivity contribution in [1.82, 2.24) is 10.3 Å². The SMILES string of the molecule is CNCCc1c[nH]c2cccc(C=CC(C)(C)O)c12. The van der Waals surface area contributed by atoms with Crippen LogP contribution in [0.25, 0.3) is 17.0 Å². The molecule has 0 spiro atoms. The lowest BCUT2D eigenvalue weighted by molar-refractivity contribution is 0.134. The maximum atomic E-state index is 9.81. The highest BCUT2D eigenvalue weighted by Gasteiger charge is 2.09. The number of aromatic amines is 1. The molecule has 0 amide bonds. The molecule has 3 N–H and O–H groups in total. The number of hydrogen-bond acceptors (Lipinski definition) is 2. The maximum absolute atomic E-state index is 9.81. The number of H-pyrrole nitrogens is 1.